The SMILES string of the molecule is CCS(=O)(=O)N1CCC(N(CC(=O)O)Cc2ccc3c(c2)CCC3)CC1. The summed E-state index contributed by atoms with van der Waals surface area (Å²) in [5.74, 6) is -0.721. The summed E-state index contributed by atoms with van der Waals surface area (Å²) < 4.78 is 25.6. The number of carboxylic acid groups (broad SMARTS) is 1. The summed E-state index contributed by atoms with van der Waals surface area (Å²) in [7, 11) is -3.16. The number of hydrogen-bond acceptors (Lipinski definition) is 4. The van der Waals surface area contributed by atoms with Crippen molar-refractivity contribution < 1.29 is 18.3 Å². The van der Waals surface area contributed by atoms with Crippen molar-refractivity contribution in [1.29, 1.82) is 0 Å². The molecule has 0 bridgehead atoms. The highest BCUT2D eigenvalue weighted by Crippen LogP contribution is 2.25. The molecule has 1 N–H and O–H groups in total. The Hall–Kier alpha value is -1.44. The average molecular weight is 381 g/mol. The van der Waals surface area contributed by atoms with E-state index in [1.54, 1.807) is 6.92 Å². The van der Waals surface area contributed by atoms with Crippen LogP contribution in [0.4, 0.5) is 0 Å². The predicted octanol–water partition coefficient (Wildman–Crippen LogP) is 1.88. The van der Waals surface area contributed by atoms with Crippen LogP contribution in [0, 0.1) is 0 Å². The second-order valence-corrected chi connectivity index (χ2v) is 9.54. The second-order valence-electron chi connectivity index (χ2n) is 7.29. The van der Waals surface area contributed by atoms with E-state index in [4.69, 9.17) is 0 Å². The molecule has 1 fully saturated rings. The standard InChI is InChI=1S/C19H28N2O4S/c1-2-26(24,25)21-10-8-18(9-11-21)20(14-19(22)23)13-15-6-7-16-4-3-5-17(16)12-15/h6-7,12,18H,2-5,8-11,13-14H2,1H3,(H,22,23). The topological polar surface area (TPSA) is 77.9 Å². The van der Waals surface area contributed by atoms with Gasteiger partial charge >= 0.3 is 5.97 Å². The molecule has 3 rings (SSSR count). The molecule has 2 aliphatic rings. The minimum atomic E-state index is -3.16. The van der Waals surface area contributed by atoms with Crippen molar-refractivity contribution in [2.75, 3.05) is 25.4 Å². The number of rotatable bonds is 7. The lowest BCUT2D eigenvalue weighted by Gasteiger charge is -2.37. The van der Waals surface area contributed by atoms with Crippen molar-refractivity contribution in [3.8, 4) is 0 Å². The number of piperidine rings is 1. The molecule has 144 valence electrons. The van der Waals surface area contributed by atoms with Gasteiger partial charge in [0, 0.05) is 25.7 Å². The van der Waals surface area contributed by atoms with E-state index < -0.39 is 16.0 Å². The van der Waals surface area contributed by atoms with Crippen LogP contribution in [0.1, 0.15) is 42.9 Å². The van der Waals surface area contributed by atoms with E-state index >= 15 is 0 Å². The summed E-state index contributed by atoms with van der Waals surface area (Å²) in [5, 5.41) is 9.32. The molecule has 1 aromatic carbocycles. The largest absolute Gasteiger partial charge is 0.480 e. The highest BCUT2D eigenvalue weighted by Gasteiger charge is 2.30. The summed E-state index contributed by atoms with van der Waals surface area (Å²) in [6, 6.07) is 6.60. The van der Waals surface area contributed by atoms with Crippen LogP contribution < -0.4 is 0 Å². The fourth-order valence-electron chi connectivity index (χ4n) is 4.11. The molecule has 0 saturated carbocycles. The number of aryl methyl sites for hydroxylation is 2. The van der Waals surface area contributed by atoms with E-state index in [1.807, 2.05) is 4.90 Å². The Kier molecular flexibility index (Phi) is 5.99. The lowest BCUT2D eigenvalue weighted by molar-refractivity contribution is -0.139. The zero-order valence-corrected chi connectivity index (χ0v) is 16.2. The molecule has 0 radical (unpaired) electrons. The summed E-state index contributed by atoms with van der Waals surface area (Å²) in [6.45, 7) is 3.20. The van der Waals surface area contributed by atoms with Crippen LogP contribution in [-0.2, 0) is 34.2 Å². The molecule has 7 heteroatoms. The van der Waals surface area contributed by atoms with E-state index in [2.05, 4.69) is 18.2 Å². The zero-order valence-electron chi connectivity index (χ0n) is 15.4. The minimum absolute atomic E-state index is 0.0116. The van der Waals surface area contributed by atoms with Crippen LogP contribution in [0.2, 0.25) is 0 Å². The number of benzene rings is 1. The molecular weight excluding hydrogens is 352 g/mol. The van der Waals surface area contributed by atoms with Crippen molar-refractivity contribution >= 4 is 16.0 Å². The van der Waals surface area contributed by atoms with Crippen molar-refractivity contribution in [3.63, 3.8) is 0 Å². The van der Waals surface area contributed by atoms with Crippen molar-refractivity contribution in [2.24, 2.45) is 0 Å². The molecule has 0 spiro atoms. The molecule has 1 saturated heterocycles. The zero-order chi connectivity index (χ0) is 18.7. The van der Waals surface area contributed by atoms with Crippen LogP contribution in [-0.4, -0.2) is 60.1 Å². The Morgan fingerprint density at radius 1 is 1.23 bits per heavy atom. The van der Waals surface area contributed by atoms with Gasteiger partial charge in [-0.3, -0.25) is 9.69 Å². The number of aliphatic carboxylic acids is 1. The quantitative estimate of drug-likeness (QED) is 0.781. The van der Waals surface area contributed by atoms with Crippen LogP contribution >= 0.6 is 0 Å². The summed E-state index contributed by atoms with van der Waals surface area (Å²) in [4.78, 5) is 13.3. The van der Waals surface area contributed by atoms with E-state index in [0.717, 1.165) is 18.4 Å². The van der Waals surface area contributed by atoms with Gasteiger partial charge in [0.1, 0.15) is 0 Å². The van der Waals surface area contributed by atoms with Gasteiger partial charge in [0.25, 0.3) is 0 Å². The second kappa shape index (κ2) is 8.06. The van der Waals surface area contributed by atoms with Gasteiger partial charge in [-0.25, -0.2) is 12.7 Å². The molecule has 0 unspecified atom stereocenters. The first-order chi connectivity index (χ1) is 12.4. The van der Waals surface area contributed by atoms with Crippen LogP contribution in [0.15, 0.2) is 18.2 Å². The fourth-order valence-corrected chi connectivity index (χ4v) is 5.25. The highest BCUT2D eigenvalue weighted by molar-refractivity contribution is 7.89. The lowest BCUT2D eigenvalue weighted by atomic mass is 10.0. The Balaban J connectivity index is 1.68. The van der Waals surface area contributed by atoms with Gasteiger partial charge in [-0.15, -0.1) is 0 Å². The Morgan fingerprint density at radius 2 is 1.92 bits per heavy atom. The van der Waals surface area contributed by atoms with Gasteiger partial charge in [-0.05, 0) is 55.7 Å². The van der Waals surface area contributed by atoms with E-state index in [1.165, 1.54) is 21.9 Å². The molecule has 0 amide bonds. The van der Waals surface area contributed by atoms with E-state index in [0.29, 0.717) is 32.5 Å². The van der Waals surface area contributed by atoms with E-state index in [9.17, 15) is 18.3 Å². The van der Waals surface area contributed by atoms with E-state index in [-0.39, 0.29) is 18.3 Å². The fraction of sp³-hybridized carbons (Fsp3) is 0.632. The summed E-state index contributed by atoms with van der Waals surface area (Å²) in [5.41, 5.74) is 3.95. The first kappa shape index (κ1) is 19.3. The molecule has 0 aromatic heterocycles. The van der Waals surface area contributed by atoms with Gasteiger partial charge in [-0.1, -0.05) is 18.2 Å². The smallest absolute Gasteiger partial charge is 0.317 e. The van der Waals surface area contributed by atoms with Gasteiger partial charge in [0.2, 0.25) is 10.0 Å². The molecule has 26 heavy (non-hydrogen) atoms. The highest BCUT2D eigenvalue weighted by atomic mass is 32.2. The molecule has 0 atom stereocenters. The van der Waals surface area contributed by atoms with Crippen molar-refractivity contribution in [3.05, 3.63) is 34.9 Å². The number of carboxylic acids is 1. The Labute approximate surface area is 155 Å². The maximum atomic E-state index is 12.0. The Morgan fingerprint density at radius 3 is 2.58 bits per heavy atom. The maximum absolute atomic E-state index is 12.0. The number of sulfonamides is 1. The number of nitrogens with zero attached hydrogens (tertiary/aromatic N) is 2. The van der Waals surface area contributed by atoms with Crippen LogP contribution in [0.3, 0.4) is 0 Å². The maximum Gasteiger partial charge on any atom is 0.317 e. The molecule has 1 aliphatic heterocycles. The van der Waals surface area contributed by atoms with Crippen LogP contribution in [0.5, 0.6) is 0 Å². The third-order valence-electron chi connectivity index (χ3n) is 5.58. The third kappa shape index (κ3) is 4.45. The molecule has 1 aromatic rings. The lowest BCUT2D eigenvalue weighted by Crippen LogP contribution is -2.48. The number of carbonyl (C=O) groups is 1. The van der Waals surface area contributed by atoms with Crippen molar-refractivity contribution in [1.82, 2.24) is 9.21 Å². The van der Waals surface area contributed by atoms with Gasteiger partial charge in [-0.2, -0.15) is 0 Å². The normalized spacial score (nSPS) is 19.0. The molecule has 1 aliphatic carbocycles. The third-order valence-corrected chi connectivity index (χ3v) is 7.47. The first-order valence-electron chi connectivity index (χ1n) is 9.43. The van der Waals surface area contributed by atoms with Gasteiger partial charge < -0.3 is 5.11 Å². The monoisotopic (exact) mass is 380 g/mol. The van der Waals surface area contributed by atoms with Gasteiger partial charge in [0.15, 0.2) is 0 Å². The summed E-state index contributed by atoms with van der Waals surface area (Å²) in [6.07, 6.45) is 4.80. The number of fused-ring (bicyclic) bond motifs is 1. The predicted molar refractivity (Wildman–Crippen MR) is 101 cm³/mol. The van der Waals surface area contributed by atoms with Gasteiger partial charge in [0.05, 0.1) is 12.3 Å². The Bertz CT molecular complexity index is 755. The molecular formula is C19H28N2O4S. The number of hydrogen-bond donors (Lipinski definition) is 1. The molecule has 1 heterocycles. The average Bonchev–Trinajstić information content (AvgIpc) is 3.08. The van der Waals surface area contributed by atoms with Crippen molar-refractivity contribution in [2.45, 2.75) is 51.6 Å². The summed E-state index contributed by atoms with van der Waals surface area (Å²) >= 11 is 0. The first-order valence-corrected chi connectivity index (χ1v) is 11.0. The molecule has 6 nitrogen and oxygen atoms in total. The minimum Gasteiger partial charge on any atom is -0.480 e. The van der Waals surface area contributed by atoms with Crippen LogP contribution in [0.25, 0.3) is 0 Å².